The van der Waals surface area contributed by atoms with Gasteiger partial charge in [0.15, 0.2) is 0 Å². The Bertz CT molecular complexity index is 762. The Morgan fingerprint density at radius 1 is 0.944 bits per heavy atom. The summed E-state index contributed by atoms with van der Waals surface area (Å²) >= 11 is 0. The second-order valence-electron chi connectivity index (χ2n) is 11.7. The van der Waals surface area contributed by atoms with E-state index in [1.165, 1.54) is 19.3 Å². The maximum atomic E-state index is 13.0. The van der Waals surface area contributed by atoms with E-state index in [9.17, 15) is 9.59 Å². The summed E-state index contributed by atoms with van der Waals surface area (Å²) in [7, 11) is 1.78. The molecule has 8 unspecified atom stereocenters. The van der Waals surface area contributed by atoms with Gasteiger partial charge in [0.1, 0.15) is 0 Å². The van der Waals surface area contributed by atoms with Crippen molar-refractivity contribution in [3.8, 4) is 0 Å². The normalized spacial score (nSPS) is 39.6. The second-order valence-corrected chi connectivity index (χ2v) is 11.7. The molecule has 2 saturated carbocycles. The largest absolute Gasteiger partial charge is 0.380 e. The van der Waals surface area contributed by atoms with E-state index in [0.29, 0.717) is 50.3 Å². The van der Waals surface area contributed by atoms with Crippen molar-refractivity contribution < 1.29 is 19.1 Å². The molecule has 2 amide bonds. The Balaban J connectivity index is 1.13. The van der Waals surface area contributed by atoms with Crippen LogP contribution in [0.3, 0.4) is 0 Å². The molecule has 0 radical (unpaired) electrons. The predicted octanol–water partition coefficient (Wildman–Crippen LogP) is 1.08. The predicted molar refractivity (Wildman–Crippen MR) is 137 cm³/mol. The van der Waals surface area contributed by atoms with Gasteiger partial charge < -0.3 is 29.9 Å². The van der Waals surface area contributed by atoms with Crippen LogP contribution in [0.15, 0.2) is 0 Å². The van der Waals surface area contributed by atoms with E-state index in [1.54, 1.807) is 14.0 Å². The van der Waals surface area contributed by atoms with E-state index in [4.69, 9.17) is 9.47 Å². The highest BCUT2D eigenvalue weighted by Gasteiger charge is 2.44. The number of amides is 2. The first kappa shape index (κ1) is 26.4. The van der Waals surface area contributed by atoms with Gasteiger partial charge in [-0.25, -0.2) is 0 Å². The Kier molecular flexibility index (Phi) is 8.83. The summed E-state index contributed by atoms with van der Waals surface area (Å²) in [5.41, 5.74) is 0. The molecular formula is C27H47N5O4. The molecule has 0 aromatic carbocycles. The van der Waals surface area contributed by atoms with Crippen LogP contribution in [-0.4, -0.2) is 105 Å². The smallest absolute Gasteiger partial charge is 0.225 e. The lowest BCUT2D eigenvalue weighted by atomic mass is 9.80. The van der Waals surface area contributed by atoms with Crippen molar-refractivity contribution in [2.75, 3.05) is 46.5 Å². The van der Waals surface area contributed by atoms with Crippen LogP contribution in [0.1, 0.15) is 64.7 Å². The number of likely N-dealkylation sites (tertiary alicyclic amines) is 1. The number of rotatable bonds is 6. The molecule has 5 fully saturated rings. The molecular weight excluding hydrogens is 458 g/mol. The molecule has 0 aromatic heterocycles. The third kappa shape index (κ3) is 5.90. The third-order valence-corrected chi connectivity index (χ3v) is 9.53. The lowest BCUT2D eigenvalue weighted by Crippen LogP contribution is -2.61. The standard InChI is InChI=1S/C27H47N5O4/c1-18(33)32-11-9-19-4-3-5-23(26(19)32)29-21-8-10-28-25(17-21)30-22-7-6-20(16-24(22)35-2)27(34)31-12-14-36-15-13-31/h19-26,28-30H,3-17H2,1-2H3. The maximum absolute atomic E-state index is 13.0. The average Bonchev–Trinajstić information content (AvgIpc) is 3.35. The molecule has 9 heteroatoms. The SMILES string of the molecule is COC1CC(C(=O)N2CCOCC2)CCC1NC1CC(NC2CCCC3CCN(C(C)=O)C32)CCN1. The van der Waals surface area contributed by atoms with Crippen LogP contribution < -0.4 is 16.0 Å². The van der Waals surface area contributed by atoms with Gasteiger partial charge in [0, 0.05) is 63.8 Å². The summed E-state index contributed by atoms with van der Waals surface area (Å²) in [5.74, 6) is 1.22. The van der Waals surface area contributed by atoms with Crippen molar-refractivity contribution in [3.05, 3.63) is 0 Å². The van der Waals surface area contributed by atoms with Crippen molar-refractivity contribution in [1.82, 2.24) is 25.8 Å². The first-order valence-corrected chi connectivity index (χ1v) is 14.5. The van der Waals surface area contributed by atoms with E-state index in [-0.39, 0.29) is 36.0 Å². The number of hydrogen-bond donors (Lipinski definition) is 3. The number of ether oxygens (including phenoxy) is 2. The molecule has 204 valence electrons. The van der Waals surface area contributed by atoms with Crippen molar-refractivity contribution in [2.24, 2.45) is 11.8 Å². The van der Waals surface area contributed by atoms with E-state index >= 15 is 0 Å². The van der Waals surface area contributed by atoms with Gasteiger partial charge in [0.05, 0.1) is 25.5 Å². The quantitative estimate of drug-likeness (QED) is 0.497. The number of nitrogens with zero attached hydrogens (tertiary/aromatic N) is 2. The lowest BCUT2D eigenvalue weighted by Gasteiger charge is -2.43. The van der Waals surface area contributed by atoms with Gasteiger partial charge in [-0.15, -0.1) is 0 Å². The third-order valence-electron chi connectivity index (χ3n) is 9.53. The molecule has 3 saturated heterocycles. The molecule has 0 bridgehead atoms. The minimum atomic E-state index is 0.0468. The van der Waals surface area contributed by atoms with Gasteiger partial charge in [-0.1, -0.05) is 6.42 Å². The Labute approximate surface area is 216 Å². The number of hydrogen-bond acceptors (Lipinski definition) is 7. The van der Waals surface area contributed by atoms with Crippen LogP contribution in [0.5, 0.6) is 0 Å². The second kappa shape index (κ2) is 12.1. The van der Waals surface area contributed by atoms with Crippen molar-refractivity contribution >= 4 is 11.8 Å². The number of fused-ring (bicyclic) bond motifs is 1. The molecule has 3 N–H and O–H groups in total. The Morgan fingerprint density at radius 2 is 1.78 bits per heavy atom. The van der Waals surface area contributed by atoms with Crippen molar-refractivity contribution in [1.29, 1.82) is 0 Å². The zero-order valence-electron chi connectivity index (χ0n) is 22.3. The maximum Gasteiger partial charge on any atom is 0.225 e. The summed E-state index contributed by atoms with van der Waals surface area (Å²) < 4.78 is 11.3. The van der Waals surface area contributed by atoms with E-state index < -0.39 is 0 Å². The van der Waals surface area contributed by atoms with Crippen LogP contribution in [0.25, 0.3) is 0 Å². The molecule has 2 aliphatic carbocycles. The van der Waals surface area contributed by atoms with Gasteiger partial charge in [-0.3, -0.25) is 14.9 Å². The number of carbonyl (C=O) groups excluding carboxylic acids is 2. The van der Waals surface area contributed by atoms with Gasteiger partial charge in [0.25, 0.3) is 0 Å². The summed E-state index contributed by atoms with van der Waals surface area (Å²) in [5, 5.41) is 11.5. The van der Waals surface area contributed by atoms with Crippen LogP contribution in [0.4, 0.5) is 0 Å². The molecule has 5 aliphatic rings. The van der Waals surface area contributed by atoms with E-state index in [0.717, 1.165) is 51.6 Å². The minimum Gasteiger partial charge on any atom is -0.380 e. The Morgan fingerprint density at radius 3 is 2.56 bits per heavy atom. The molecule has 5 rings (SSSR count). The minimum absolute atomic E-state index is 0.0468. The molecule has 36 heavy (non-hydrogen) atoms. The topological polar surface area (TPSA) is 95.2 Å². The summed E-state index contributed by atoms with van der Waals surface area (Å²) in [6.07, 6.45) is 9.92. The molecule has 0 aromatic rings. The van der Waals surface area contributed by atoms with Crippen LogP contribution in [0.2, 0.25) is 0 Å². The highest BCUT2D eigenvalue weighted by Crippen LogP contribution is 2.37. The van der Waals surface area contributed by atoms with Gasteiger partial charge in [-0.2, -0.15) is 0 Å². The van der Waals surface area contributed by atoms with Crippen LogP contribution >= 0.6 is 0 Å². The van der Waals surface area contributed by atoms with Crippen LogP contribution in [0, 0.1) is 11.8 Å². The van der Waals surface area contributed by atoms with Crippen molar-refractivity contribution in [3.63, 3.8) is 0 Å². The zero-order valence-corrected chi connectivity index (χ0v) is 22.3. The fourth-order valence-corrected chi connectivity index (χ4v) is 7.66. The molecule has 3 aliphatic heterocycles. The monoisotopic (exact) mass is 505 g/mol. The molecule has 0 spiro atoms. The van der Waals surface area contributed by atoms with E-state index in [1.807, 2.05) is 4.90 Å². The molecule has 9 nitrogen and oxygen atoms in total. The number of morpholine rings is 1. The Hall–Kier alpha value is -1.26. The number of piperidine rings is 1. The van der Waals surface area contributed by atoms with Crippen molar-refractivity contribution in [2.45, 2.75) is 101 Å². The number of methoxy groups -OCH3 is 1. The van der Waals surface area contributed by atoms with Gasteiger partial charge in [0.2, 0.25) is 11.8 Å². The van der Waals surface area contributed by atoms with E-state index in [2.05, 4.69) is 20.9 Å². The first-order chi connectivity index (χ1) is 17.5. The summed E-state index contributed by atoms with van der Waals surface area (Å²) in [6, 6.07) is 1.48. The average molecular weight is 506 g/mol. The molecule has 3 heterocycles. The highest BCUT2D eigenvalue weighted by molar-refractivity contribution is 5.79. The number of nitrogens with one attached hydrogen (secondary N) is 3. The lowest BCUT2D eigenvalue weighted by molar-refractivity contribution is -0.142. The summed E-state index contributed by atoms with van der Waals surface area (Å²) in [6.45, 7) is 6.35. The first-order valence-electron chi connectivity index (χ1n) is 14.5. The van der Waals surface area contributed by atoms with Gasteiger partial charge in [-0.05, 0) is 63.8 Å². The number of carbonyl (C=O) groups is 2. The summed E-state index contributed by atoms with van der Waals surface area (Å²) in [4.78, 5) is 29.4. The molecule has 8 atom stereocenters. The highest BCUT2D eigenvalue weighted by atomic mass is 16.5. The van der Waals surface area contributed by atoms with Gasteiger partial charge >= 0.3 is 0 Å². The zero-order chi connectivity index (χ0) is 25.1. The van der Waals surface area contributed by atoms with Crippen LogP contribution in [-0.2, 0) is 19.1 Å². The fraction of sp³-hybridized carbons (Fsp3) is 0.926. The fourth-order valence-electron chi connectivity index (χ4n) is 7.66.